The molecule has 0 radical (unpaired) electrons. The van der Waals surface area contributed by atoms with Crippen LogP contribution in [0.2, 0.25) is 0 Å². The molecule has 0 saturated heterocycles. The third kappa shape index (κ3) is 4.85. The number of hydrogen-bond donors (Lipinski definition) is 0. The quantitative estimate of drug-likeness (QED) is 0.795. The van der Waals surface area contributed by atoms with E-state index in [0.717, 1.165) is 0 Å². The molecule has 130 valence electrons. The Labute approximate surface area is 137 Å². The Hall–Kier alpha value is -2.29. The third-order valence-corrected chi connectivity index (χ3v) is 4.78. The number of hydrogen-bond acceptors (Lipinski definition) is 4. The molecule has 9 heteroatoms. The standard InChI is InChI=1S/C15H15F3N2O3S/c1-23-14-6-2-5-13(8-14)20(10-12-4-3-7-19-9-12)24(21,22)11-15(16,17)18/h2-9H,10-11H2,1H3. The highest BCUT2D eigenvalue weighted by Gasteiger charge is 2.38. The zero-order valence-electron chi connectivity index (χ0n) is 12.7. The molecular weight excluding hydrogens is 345 g/mol. The number of alkyl halides is 3. The van der Waals surface area contributed by atoms with Crippen molar-refractivity contribution in [2.45, 2.75) is 12.7 Å². The SMILES string of the molecule is COc1cccc(N(Cc2cccnc2)S(=O)(=O)CC(F)(F)F)c1. The van der Waals surface area contributed by atoms with Gasteiger partial charge >= 0.3 is 6.18 Å². The number of ether oxygens (including phenoxy) is 1. The Morgan fingerprint density at radius 1 is 1.21 bits per heavy atom. The molecule has 0 bridgehead atoms. The lowest BCUT2D eigenvalue weighted by Gasteiger charge is -2.25. The average molecular weight is 360 g/mol. The summed E-state index contributed by atoms with van der Waals surface area (Å²) in [5.74, 6) is -1.61. The van der Waals surface area contributed by atoms with Crippen molar-refractivity contribution in [1.29, 1.82) is 0 Å². The molecule has 0 amide bonds. The number of benzene rings is 1. The molecule has 1 heterocycles. The Balaban J connectivity index is 2.44. The largest absolute Gasteiger partial charge is 0.497 e. The van der Waals surface area contributed by atoms with Crippen LogP contribution in [-0.2, 0) is 16.6 Å². The predicted octanol–water partition coefficient (Wildman–Crippen LogP) is 2.99. The molecule has 0 fully saturated rings. The van der Waals surface area contributed by atoms with Crippen LogP contribution in [0.5, 0.6) is 5.75 Å². The van der Waals surface area contributed by atoms with E-state index in [-0.39, 0.29) is 12.2 Å². The molecule has 0 aliphatic carbocycles. The van der Waals surface area contributed by atoms with Crippen molar-refractivity contribution in [3.05, 3.63) is 54.4 Å². The summed E-state index contributed by atoms with van der Waals surface area (Å²) in [6, 6.07) is 9.02. The van der Waals surface area contributed by atoms with Gasteiger partial charge in [-0.3, -0.25) is 9.29 Å². The van der Waals surface area contributed by atoms with Gasteiger partial charge in [0.2, 0.25) is 10.0 Å². The van der Waals surface area contributed by atoms with Crippen LogP contribution in [0.25, 0.3) is 0 Å². The van der Waals surface area contributed by atoms with Crippen molar-refractivity contribution >= 4 is 15.7 Å². The summed E-state index contributed by atoms with van der Waals surface area (Å²) in [7, 11) is -3.25. The fourth-order valence-corrected chi connectivity index (χ4v) is 3.41. The van der Waals surface area contributed by atoms with Gasteiger partial charge in [0.05, 0.1) is 19.3 Å². The number of pyridine rings is 1. The van der Waals surface area contributed by atoms with Crippen LogP contribution in [0.15, 0.2) is 48.8 Å². The Kier molecular flexibility index (Phi) is 5.33. The van der Waals surface area contributed by atoms with Crippen LogP contribution in [0.1, 0.15) is 5.56 Å². The van der Waals surface area contributed by atoms with Gasteiger partial charge in [-0.05, 0) is 23.8 Å². The second kappa shape index (κ2) is 7.08. The summed E-state index contributed by atoms with van der Waals surface area (Å²) in [4.78, 5) is 3.85. The van der Waals surface area contributed by atoms with Gasteiger partial charge in [0.1, 0.15) is 5.75 Å². The zero-order valence-corrected chi connectivity index (χ0v) is 13.5. The summed E-state index contributed by atoms with van der Waals surface area (Å²) in [5, 5.41) is 0. The van der Waals surface area contributed by atoms with E-state index in [2.05, 4.69) is 4.98 Å². The molecule has 0 aliphatic rings. The number of methoxy groups -OCH3 is 1. The van der Waals surface area contributed by atoms with Gasteiger partial charge in [0, 0.05) is 18.5 Å². The van der Waals surface area contributed by atoms with E-state index in [0.29, 0.717) is 15.6 Å². The van der Waals surface area contributed by atoms with Crippen LogP contribution in [0, 0.1) is 0 Å². The molecule has 24 heavy (non-hydrogen) atoms. The Morgan fingerprint density at radius 3 is 2.54 bits per heavy atom. The van der Waals surface area contributed by atoms with Crippen molar-refractivity contribution in [2.24, 2.45) is 0 Å². The fourth-order valence-electron chi connectivity index (χ4n) is 2.06. The zero-order chi connectivity index (χ0) is 17.8. The first-order valence-corrected chi connectivity index (χ1v) is 8.42. The second-order valence-corrected chi connectivity index (χ2v) is 6.83. The molecule has 0 N–H and O–H groups in total. The molecule has 0 aliphatic heterocycles. The molecule has 2 aromatic rings. The third-order valence-electron chi connectivity index (χ3n) is 3.07. The summed E-state index contributed by atoms with van der Waals surface area (Å²) < 4.78 is 68.3. The van der Waals surface area contributed by atoms with Crippen molar-refractivity contribution in [3.63, 3.8) is 0 Å². The maximum absolute atomic E-state index is 12.7. The van der Waals surface area contributed by atoms with Gasteiger partial charge in [-0.25, -0.2) is 8.42 Å². The molecule has 0 unspecified atom stereocenters. The monoisotopic (exact) mass is 360 g/mol. The number of sulfonamides is 1. The number of nitrogens with zero attached hydrogens (tertiary/aromatic N) is 2. The Bertz CT molecular complexity index is 780. The molecule has 2 rings (SSSR count). The highest BCUT2D eigenvalue weighted by Crippen LogP contribution is 2.28. The van der Waals surface area contributed by atoms with Gasteiger partial charge in [-0.2, -0.15) is 13.2 Å². The molecule has 1 aromatic carbocycles. The van der Waals surface area contributed by atoms with E-state index in [9.17, 15) is 21.6 Å². The average Bonchev–Trinajstić information content (AvgIpc) is 2.51. The van der Waals surface area contributed by atoms with Gasteiger partial charge in [0.25, 0.3) is 0 Å². The van der Waals surface area contributed by atoms with Gasteiger partial charge in [-0.15, -0.1) is 0 Å². The van der Waals surface area contributed by atoms with E-state index in [1.807, 2.05) is 0 Å². The summed E-state index contributed by atoms with van der Waals surface area (Å²) in [5.41, 5.74) is 0.550. The predicted molar refractivity (Wildman–Crippen MR) is 83.3 cm³/mol. The number of aromatic nitrogens is 1. The van der Waals surface area contributed by atoms with Crippen LogP contribution in [0.4, 0.5) is 18.9 Å². The minimum absolute atomic E-state index is 0.0856. The molecule has 0 spiro atoms. The summed E-state index contributed by atoms with van der Waals surface area (Å²) in [6.45, 7) is -0.264. The van der Waals surface area contributed by atoms with Crippen molar-refractivity contribution in [2.75, 3.05) is 17.2 Å². The van der Waals surface area contributed by atoms with E-state index in [1.54, 1.807) is 18.2 Å². The van der Waals surface area contributed by atoms with Gasteiger partial charge in [-0.1, -0.05) is 12.1 Å². The molecule has 5 nitrogen and oxygen atoms in total. The minimum Gasteiger partial charge on any atom is -0.497 e. The first kappa shape index (κ1) is 18.1. The van der Waals surface area contributed by atoms with E-state index in [4.69, 9.17) is 4.74 Å². The lowest BCUT2D eigenvalue weighted by Crippen LogP contribution is -2.37. The summed E-state index contributed by atoms with van der Waals surface area (Å²) >= 11 is 0. The topological polar surface area (TPSA) is 59.5 Å². The van der Waals surface area contributed by atoms with Crippen LogP contribution in [0.3, 0.4) is 0 Å². The minimum atomic E-state index is -4.84. The first-order chi connectivity index (χ1) is 11.2. The number of halogens is 3. The van der Waals surface area contributed by atoms with E-state index < -0.39 is 22.0 Å². The van der Waals surface area contributed by atoms with Crippen molar-refractivity contribution in [3.8, 4) is 5.75 Å². The Morgan fingerprint density at radius 2 is 1.96 bits per heavy atom. The maximum Gasteiger partial charge on any atom is 0.404 e. The lowest BCUT2D eigenvalue weighted by atomic mass is 10.2. The van der Waals surface area contributed by atoms with E-state index >= 15 is 0 Å². The van der Waals surface area contributed by atoms with Gasteiger partial charge < -0.3 is 4.74 Å². The molecule has 0 atom stereocenters. The smallest absolute Gasteiger partial charge is 0.404 e. The number of rotatable bonds is 6. The van der Waals surface area contributed by atoms with Crippen LogP contribution in [-0.4, -0.2) is 32.4 Å². The molecule has 0 saturated carbocycles. The first-order valence-electron chi connectivity index (χ1n) is 6.81. The van der Waals surface area contributed by atoms with Crippen LogP contribution >= 0.6 is 0 Å². The molecule has 1 aromatic heterocycles. The normalized spacial score (nSPS) is 12.0. The summed E-state index contributed by atoms with van der Waals surface area (Å²) in [6.07, 6.45) is -1.95. The maximum atomic E-state index is 12.7. The highest BCUT2D eigenvalue weighted by atomic mass is 32.2. The number of anilines is 1. The van der Waals surface area contributed by atoms with Gasteiger partial charge in [0.15, 0.2) is 5.75 Å². The molecular formula is C15H15F3N2O3S. The second-order valence-electron chi connectivity index (χ2n) is 4.94. The highest BCUT2D eigenvalue weighted by molar-refractivity contribution is 7.92. The van der Waals surface area contributed by atoms with Crippen LogP contribution < -0.4 is 9.04 Å². The fraction of sp³-hybridized carbons (Fsp3) is 0.267. The lowest BCUT2D eigenvalue weighted by molar-refractivity contribution is -0.106. The van der Waals surface area contributed by atoms with Crippen molar-refractivity contribution < 1.29 is 26.3 Å². The van der Waals surface area contributed by atoms with Crippen molar-refractivity contribution in [1.82, 2.24) is 4.98 Å². The van der Waals surface area contributed by atoms with E-state index in [1.165, 1.54) is 37.7 Å².